The molecule has 0 fully saturated rings. The Morgan fingerprint density at radius 3 is 1.12 bits per heavy atom. The molecule has 0 aromatic rings. The minimum absolute atomic E-state index is 0.0715. The Morgan fingerprint density at radius 2 is 0.682 bits per heavy atom. The molecular formula is C61H106O5. The lowest BCUT2D eigenvalue weighted by atomic mass is 10.1. The molecule has 0 aliphatic rings. The zero-order chi connectivity index (χ0) is 47.7. The van der Waals surface area contributed by atoms with Crippen LogP contribution in [0.5, 0.6) is 0 Å². The van der Waals surface area contributed by atoms with E-state index >= 15 is 0 Å². The number of ether oxygens (including phenoxy) is 3. The van der Waals surface area contributed by atoms with Crippen LogP contribution >= 0.6 is 0 Å². The number of carbonyl (C=O) groups excluding carboxylic acids is 2. The Kier molecular flexibility index (Phi) is 53.9. The summed E-state index contributed by atoms with van der Waals surface area (Å²) < 4.78 is 17.4. The quantitative estimate of drug-likeness (QED) is 0.0346. The van der Waals surface area contributed by atoms with Gasteiger partial charge in [-0.3, -0.25) is 9.59 Å². The number of hydrogen-bond acceptors (Lipinski definition) is 5. The number of rotatable bonds is 51. The third-order valence-electron chi connectivity index (χ3n) is 11.9. The van der Waals surface area contributed by atoms with Crippen molar-refractivity contribution >= 4 is 11.9 Å². The maximum absolute atomic E-state index is 12.8. The van der Waals surface area contributed by atoms with Crippen molar-refractivity contribution in [2.45, 2.75) is 271 Å². The molecule has 0 bridgehead atoms. The summed E-state index contributed by atoms with van der Waals surface area (Å²) >= 11 is 0. The molecule has 380 valence electrons. The van der Waals surface area contributed by atoms with Crippen LogP contribution in [-0.4, -0.2) is 37.9 Å². The van der Waals surface area contributed by atoms with Crippen LogP contribution in [0.1, 0.15) is 265 Å². The first-order chi connectivity index (χ1) is 32.6. The van der Waals surface area contributed by atoms with E-state index in [-0.39, 0.29) is 25.2 Å². The average molecular weight is 920 g/mol. The zero-order valence-electron chi connectivity index (χ0n) is 43.7. The van der Waals surface area contributed by atoms with Crippen LogP contribution in [0.15, 0.2) is 85.1 Å². The Hall–Kier alpha value is -2.92. The lowest BCUT2D eigenvalue weighted by molar-refractivity contribution is -0.163. The van der Waals surface area contributed by atoms with E-state index in [9.17, 15) is 9.59 Å². The molecular weight excluding hydrogens is 813 g/mol. The smallest absolute Gasteiger partial charge is 0.306 e. The van der Waals surface area contributed by atoms with E-state index in [1.54, 1.807) is 0 Å². The first kappa shape index (κ1) is 63.1. The molecule has 1 unspecified atom stereocenters. The van der Waals surface area contributed by atoms with Crippen LogP contribution in [0.25, 0.3) is 0 Å². The highest BCUT2D eigenvalue weighted by Gasteiger charge is 2.17. The van der Waals surface area contributed by atoms with Crippen molar-refractivity contribution < 1.29 is 23.8 Å². The van der Waals surface area contributed by atoms with Gasteiger partial charge in [-0.1, -0.05) is 241 Å². The number of hydrogen-bond donors (Lipinski definition) is 0. The molecule has 0 aromatic heterocycles. The van der Waals surface area contributed by atoms with Crippen LogP contribution in [0.2, 0.25) is 0 Å². The van der Waals surface area contributed by atoms with Crippen LogP contribution in [-0.2, 0) is 23.8 Å². The van der Waals surface area contributed by atoms with Crippen molar-refractivity contribution in [3.05, 3.63) is 85.1 Å². The highest BCUT2D eigenvalue weighted by molar-refractivity contribution is 5.70. The zero-order valence-corrected chi connectivity index (χ0v) is 43.7. The van der Waals surface area contributed by atoms with Gasteiger partial charge in [0.15, 0.2) is 6.10 Å². The SMILES string of the molecule is CC/C=C\C/C=C\C/C=C\C/C=C\C/C=C\CCCCCCOCC(COC(=O)CCCCCCCCCCC/C=C\C/C=C\CCCCC)OC(=O)CCCCCCCCCCCCC. The molecule has 0 heterocycles. The number of unbranched alkanes of at least 4 members (excludes halogenated alkanes) is 26. The average Bonchev–Trinajstić information content (AvgIpc) is 3.32. The number of carbonyl (C=O) groups is 2. The predicted octanol–water partition coefficient (Wildman–Crippen LogP) is 19.2. The summed E-state index contributed by atoms with van der Waals surface area (Å²) in [5.74, 6) is -0.412. The fraction of sp³-hybridized carbons (Fsp3) is 0.738. The highest BCUT2D eigenvalue weighted by Crippen LogP contribution is 2.15. The van der Waals surface area contributed by atoms with Gasteiger partial charge in [-0.25, -0.2) is 0 Å². The summed E-state index contributed by atoms with van der Waals surface area (Å²) in [6, 6.07) is 0. The molecule has 0 amide bonds. The predicted molar refractivity (Wildman–Crippen MR) is 288 cm³/mol. The molecule has 5 heteroatoms. The summed E-state index contributed by atoms with van der Waals surface area (Å²) in [4.78, 5) is 25.5. The van der Waals surface area contributed by atoms with E-state index in [1.807, 2.05) is 0 Å². The minimum atomic E-state index is -0.553. The monoisotopic (exact) mass is 919 g/mol. The van der Waals surface area contributed by atoms with Gasteiger partial charge in [0.1, 0.15) is 6.61 Å². The standard InChI is InChI=1S/C61H106O5/c1-4-7-10-13-16-19-22-24-26-28-30-32-34-36-38-41-44-47-50-53-56-64-57-59(66-61(63)55-52-49-46-43-39-21-18-15-12-9-6-3)58-65-60(62)54-51-48-45-42-40-37-35-33-31-29-27-25-23-20-17-14-11-8-5-2/h7,10,16-17,19-20,24-27,30,32,36,38,59H,4-6,8-9,11-15,18,21-23,28-29,31,33-35,37,39-58H2,1-3H3/b10-7-,19-16-,20-17-,26-24-,27-25-,32-30-,38-36-. The van der Waals surface area contributed by atoms with Crippen LogP contribution in [0.3, 0.4) is 0 Å². The van der Waals surface area contributed by atoms with E-state index in [2.05, 4.69) is 106 Å². The molecule has 0 aliphatic heterocycles. The van der Waals surface area contributed by atoms with Crippen molar-refractivity contribution in [1.82, 2.24) is 0 Å². The fourth-order valence-electron chi connectivity index (χ4n) is 7.74. The second-order valence-corrected chi connectivity index (χ2v) is 18.5. The van der Waals surface area contributed by atoms with E-state index in [0.29, 0.717) is 19.4 Å². The number of esters is 2. The molecule has 0 radical (unpaired) electrons. The Bertz CT molecular complexity index is 1220. The van der Waals surface area contributed by atoms with Crippen molar-refractivity contribution in [2.75, 3.05) is 19.8 Å². The molecule has 0 spiro atoms. The first-order valence-corrected chi connectivity index (χ1v) is 28.1. The molecule has 0 aliphatic carbocycles. The van der Waals surface area contributed by atoms with Gasteiger partial charge in [-0.05, 0) is 96.3 Å². The second-order valence-electron chi connectivity index (χ2n) is 18.5. The topological polar surface area (TPSA) is 61.8 Å². The molecule has 0 saturated carbocycles. The maximum Gasteiger partial charge on any atom is 0.306 e. The second kappa shape index (κ2) is 56.4. The van der Waals surface area contributed by atoms with Gasteiger partial charge in [-0.2, -0.15) is 0 Å². The van der Waals surface area contributed by atoms with E-state index in [4.69, 9.17) is 14.2 Å². The Labute approximate surface area is 409 Å². The Balaban J connectivity index is 4.27. The third kappa shape index (κ3) is 53.7. The van der Waals surface area contributed by atoms with E-state index in [0.717, 1.165) is 83.5 Å². The molecule has 5 nitrogen and oxygen atoms in total. The van der Waals surface area contributed by atoms with Crippen LogP contribution in [0.4, 0.5) is 0 Å². The minimum Gasteiger partial charge on any atom is -0.462 e. The largest absolute Gasteiger partial charge is 0.462 e. The summed E-state index contributed by atoms with van der Waals surface area (Å²) in [7, 11) is 0. The fourth-order valence-corrected chi connectivity index (χ4v) is 7.74. The molecule has 0 rings (SSSR count). The molecule has 0 N–H and O–H groups in total. The van der Waals surface area contributed by atoms with Gasteiger partial charge in [0.25, 0.3) is 0 Å². The van der Waals surface area contributed by atoms with Crippen LogP contribution in [0, 0.1) is 0 Å². The third-order valence-corrected chi connectivity index (χ3v) is 11.9. The normalized spacial score (nSPS) is 12.8. The highest BCUT2D eigenvalue weighted by atomic mass is 16.6. The molecule has 66 heavy (non-hydrogen) atoms. The van der Waals surface area contributed by atoms with Crippen LogP contribution < -0.4 is 0 Å². The summed E-state index contributed by atoms with van der Waals surface area (Å²) in [5, 5.41) is 0. The van der Waals surface area contributed by atoms with Crippen molar-refractivity contribution in [1.29, 1.82) is 0 Å². The van der Waals surface area contributed by atoms with Gasteiger partial charge in [-0.15, -0.1) is 0 Å². The number of allylic oxidation sites excluding steroid dienone is 14. The lowest BCUT2D eigenvalue weighted by Crippen LogP contribution is -2.30. The van der Waals surface area contributed by atoms with Crippen molar-refractivity contribution in [3.63, 3.8) is 0 Å². The van der Waals surface area contributed by atoms with Gasteiger partial charge >= 0.3 is 11.9 Å². The van der Waals surface area contributed by atoms with Crippen molar-refractivity contribution in [3.8, 4) is 0 Å². The molecule has 0 saturated heterocycles. The van der Waals surface area contributed by atoms with Gasteiger partial charge in [0.05, 0.1) is 6.61 Å². The summed E-state index contributed by atoms with van der Waals surface area (Å²) in [6.45, 7) is 7.64. The first-order valence-electron chi connectivity index (χ1n) is 28.1. The van der Waals surface area contributed by atoms with E-state index in [1.165, 1.54) is 148 Å². The van der Waals surface area contributed by atoms with E-state index < -0.39 is 6.10 Å². The molecule has 1 atom stereocenters. The summed E-state index contributed by atoms with van der Waals surface area (Å²) in [6.07, 6.45) is 74.6. The van der Waals surface area contributed by atoms with Gasteiger partial charge in [0.2, 0.25) is 0 Å². The maximum atomic E-state index is 12.8. The molecule has 0 aromatic carbocycles. The van der Waals surface area contributed by atoms with Crippen molar-refractivity contribution in [2.24, 2.45) is 0 Å². The lowest BCUT2D eigenvalue weighted by Gasteiger charge is -2.18. The van der Waals surface area contributed by atoms with Gasteiger partial charge < -0.3 is 14.2 Å². The Morgan fingerprint density at radius 1 is 0.348 bits per heavy atom. The summed E-state index contributed by atoms with van der Waals surface area (Å²) in [5.41, 5.74) is 0. The van der Waals surface area contributed by atoms with Gasteiger partial charge in [0, 0.05) is 19.4 Å².